The number of aromatic hydroxyl groups is 1. The fraction of sp³-hybridized carbons (Fsp3) is 0.0500. The van der Waals surface area contributed by atoms with Crippen LogP contribution in [0.3, 0.4) is 0 Å². The smallest absolute Gasteiger partial charge is 0.235 e. The molecular weight excluding hydrogens is 384 g/mol. The number of benzene rings is 3. The molecule has 4 aromatic rings. The minimum absolute atomic E-state index is 0.0898. The van der Waals surface area contributed by atoms with Crippen molar-refractivity contribution in [2.75, 3.05) is 7.11 Å². The van der Waals surface area contributed by atoms with Gasteiger partial charge in [-0.3, -0.25) is 4.79 Å². The highest BCUT2D eigenvalue weighted by molar-refractivity contribution is 9.10. The molecule has 0 aliphatic heterocycles. The second-order valence-corrected chi connectivity index (χ2v) is 6.53. The van der Waals surface area contributed by atoms with E-state index in [2.05, 4.69) is 15.9 Å². The third kappa shape index (κ3) is 2.48. The number of methoxy groups -OCH3 is 1. The largest absolute Gasteiger partial charge is 0.502 e. The van der Waals surface area contributed by atoms with Gasteiger partial charge >= 0.3 is 0 Å². The van der Waals surface area contributed by atoms with Gasteiger partial charge in [-0.15, -0.1) is 0 Å². The third-order valence-corrected chi connectivity index (χ3v) is 4.66. The first-order chi connectivity index (χ1) is 12.1. The van der Waals surface area contributed by atoms with E-state index in [1.807, 2.05) is 36.4 Å². The molecule has 0 spiro atoms. The molecule has 0 saturated heterocycles. The minimum atomic E-state index is -0.468. The van der Waals surface area contributed by atoms with E-state index in [1.54, 1.807) is 18.2 Å². The van der Waals surface area contributed by atoms with Gasteiger partial charge in [-0.1, -0.05) is 46.3 Å². The zero-order valence-electron chi connectivity index (χ0n) is 13.2. The molecule has 0 amide bonds. The fourth-order valence-corrected chi connectivity index (χ4v) is 3.31. The molecule has 1 heterocycles. The van der Waals surface area contributed by atoms with Gasteiger partial charge in [0.1, 0.15) is 11.3 Å². The van der Waals surface area contributed by atoms with Crippen molar-refractivity contribution >= 4 is 37.7 Å². The predicted octanol–water partition coefficient (Wildman–Crippen LogP) is 5.09. The SMILES string of the molecule is COc1ccc(Br)cc1-c1oc2c(ccc3ccccc32)c(=O)c1O. The molecule has 124 valence electrons. The highest BCUT2D eigenvalue weighted by Crippen LogP contribution is 2.39. The maximum absolute atomic E-state index is 12.7. The highest BCUT2D eigenvalue weighted by Gasteiger charge is 2.20. The Morgan fingerprint density at radius 3 is 2.64 bits per heavy atom. The number of rotatable bonds is 2. The number of hydrogen-bond acceptors (Lipinski definition) is 4. The lowest BCUT2D eigenvalue weighted by atomic mass is 10.0. The van der Waals surface area contributed by atoms with Crippen molar-refractivity contribution < 1.29 is 14.3 Å². The van der Waals surface area contributed by atoms with E-state index in [1.165, 1.54) is 7.11 Å². The Hall–Kier alpha value is -2.79. The van der Waals surface area contributed by atoms with E-state index in [0.29, 0.717) is 22.3 Å². The van der Waals surface area contributed by atoms with Crippen molar-refractivity contribution in [3.8, 4) is 22.8 Å². The maximum Gasteiger partial charge on any atom is 0.235 e. The summed E-state index contributed by atoms with van der Waals surface area (Å²) in [5, 5.41) is 12.6. The average Bonchev–Trinajstić information content (AvgIpc) is 2.64. The first kappa shape index (κ1) is 15.7. The summed E-state index contributed by atoms with van der Waals surface area (Å²) in [5.41, 5.74) is 0.475. The third-order valence-electron chi connectivity index (χ3n) is 4.16. The summed E-state index contributed by atoms with van der Waals surface area (Å²) < 4.78 is 12.2. The molecule has 0 aliphatic carbocycles. The number of halogens is 1. The van der Waals surface area contributed by atoms with E-state index < -0.39 is 11.2 Å². The van der Waals surface area contributed by atoms with E-state index in [0.717, 1.165) is 15.2 Å². The summed E-state index contributed by atoms with van der Waals surface area (Å²) in [7, 11) is 1.53. The number of hydrogen-bond donors (Lipinski definition) is 1. The molecule has 4 rings (SSSR count). The molecule has 1 N–H and O–H groups in total. The van der Waals surface area contributed by atoms with E-state index in [9.17, 15) is 9.90 Å². The quantitative estimate of drug-likeness (QED) is 0.479. The maximum atomic E-state index is 12.7. The molecule has 0 radical (unpaired) electrons. The lowest BCUT2D eigenvalue weighted by molar-refractivity contribution is 0.411. The average molecular weight is 397 g/mol. The van der Waals surface area contributed by atoms with Gasteiger partial charge < -0.3 is 14.3 Å². The van der Waals surface area contributed by atoms with E-state index in [-0.39, 0.29) is 5.76 Å². The van der Waals surface area contributed by atoms with Crippen LogP contribution in [-0.2, 0) is 0 Å². The number of fused-ring (bicyclic) bond motifs is 3. The predicted molar refractivity (Wildman–Crippen MR) is 101 cm³/mol. The molecule has 1 aromatic heterocycles. The lowest BCUT2D eigenvalue weighted by Crippen LogP contribution is -2.03. The lowest BCUT2D eigenvalue weighted by Gasteiger charge is -2.11. The van der Waals surface area contributed by atoms with Crippen molar-refractivity contribution in [2.45, 2.75) is 0 Å². The molecule has 0 saturated carbocycles. The molecule has 0 bridgehead atoms. The molecular formula is C20H13BrO4. The second kappa shape index (κ2) is 5.93. The van der Waals surface area contributed by atoms with Crippen LogP contribution in [0.15, 0.2) is 68.3 Å². The Kier molecular flexibility index (Phi) is 3.73. The normalized spacial score (nSPS) is 11.1. The van der Waals surface area contributed by atoms with Crippen molar-refractivity contribution in [2.24, 2.45) is 0 Å². The van der Waals surface area contributed by atoms with Crippen LogP contribution in [-0.4, -0.2) is 12.2 Å². The van der Waals surface area contributed by atoms with Crippen LogP contribution in [0, 0.1) is 0 Å². The Morgan fingerprint density at radius 1 is 1.04 bits per heavy atom. The van der Waals surface area contributed by atoms with Gasteiger partial charge in [0.05, 0.1) is 18.1 Å². The van der Waals surface area contributed by atoms with Crippen LogP contribution in [0.1, 0.15) is 0 Å². The van der Waals surface area contributed by atoms with Gasteiger partial charge in [0.25, 0.3) is 0 Å². The van der Waals surface area contributed by atoms with Crippen LogP contribution in [0.5, 0.6) is 11.5 Å². The van der Waals surface area contributed by atoms with Gasteiger partial charge in [-0.25, -0.2) is 0 Å². The summed E-state index contributed by atoms with van der Waals surface area (Å²) in [6.45, 7) is 0. The summed E-state index contributed by atoms with van der Waals surface area (Å²) in [6.07, 6.45) is 0. The van der Waals surface area contributed by atoms with Crippen LogP contribution >= 0.6 is 15.9 Å². The van der Waals surface area contributed by atoms with Gasteiger partial charge in [0.15, 0.2) is 5.76 Å². The molecule has 0 fully saturated rings. The summed E-state index contributed by atoms with van der Waals surface area (Å²) >= 11 is 3.40. The topological polar surface area (TPSA) is 59.7 Å². The fourth-order valence-electron chi connectivity index (χ4n) is 2.95. The Labute approximate surface area is 151 Å². The molecule has 3 aromatic carbocycles. The molecule has 25 heavy (non-hydrogen) atoms. The Balaban J connectivity index is 2.16. The first-order valence-electron chi connectivity index (χ1n) is 7.61. The first-order valence-corrected chi connectivity index (χ1v) is 8.41. The van der Waals surface area contributed by atoms with Crippen LogP contribution in [0.2, 0.25) is 0 Å². The summed E-state index contributed by atoms with van der Waals surface area (Å²) in [5.74, 6) is 0.160. The Bertz CT molecular complexity index is 1180. The number of ether oxygens (including phenoxy) is 1. The van der Waals surface area contributed by atoms with Gasteiger partial charge in [0, 0.05) is 9.86 Å². The van der Waals surface area contributed by atoms with Crippen molar-refractivity contribution in [3.05, 3.63) is 69.3 Å². The minimum Gasteiger partial charge on any atom is -0.502 e. The second-order valence-electron chi connectivity index (χ2n) is 5.62. The van der Waals surface area contributed by atoms with Gasteiger partial charge in [-0.05, 0) is 29.7 Å². The van der Waals surface area contributed by atoms with Crippen molar-refractivity contribution in [3.63, 3.8) is 0 Å². The van der Waals surface area contributed by atoms with Crippen molar-refractivity contribution in [1.29, 1.82) is 0 Å². The van der Waals surface area contributed by atoms with E-state index in [4.69, 9.17) is 9.15 Å². The molecule has 5 heteroatoms. The Morgan fingerprint density at radius 2 is 1.84 bits per heavy atom. The van der Waals surface area contributed by atoms with Crippen LogP contribution in [0.4, 0.5) is 0 Å². The van der Waals surface area contributed by atoms with Gasteiger partial charge in [-0.2, -0.15) is 0 Å². The van der Waals surface area contributed by atoms with E-state index >= 15 is 0 Å². The highest BCUT2D eigenvalue weighted by atomic mass is 79.9. The molecule has 4 nitrogen and oxygen atoms in total. The van der Waals surface area contributed by atoms with Crippen LogP contribution in [0.25, 0.3) is 33.1 Å². The molecule has 0 aliphatic rings. The monoisotopic (exact) mass is 396 g/mol. The molecule has 0 unspecified atom stereocenters. The zero-order valence-corrected chi connectivity index (χ0v) is 14.8. The molecule has 0 atom stereocenters. The van der Waals surface area contributed by atoms with Crippen LogP contribution < -0.4 is 10.2 Å². The standard InChI is InChI=1S/C20H13BrO4/c1-24-16-9-7-12(21)10-15(16)20-18(23)17(22)14-8-6-11-4-2-3-5-13(11)19(14)25-20/h2-10,23H,1H3. The zero-order chi connectivity index (χ0) is 17.6. The van der Waals surface area contributed by atoms with Gasteiger partial charge in [0.2, 0.25) is 11.2 Å². The summed E-state index contributed by atoms with van der Waals surface area (Å²) in [4.78, 5) is 12.7. The van der Waals surface area contributed by atoms with Crippen molar-refractivity contribution in [1.82, 2.24) is 0 Å². The summed E-state index contributed by atoms with van der Waals surface area (Å²) in [6, 6.07) is 16.5.